The highest BCUT2D eigenvalue weighted by molar-refractivity contribution is 7.88. The molecule has 0 aromatic heterocycles. The van der Waals surface area contributed by atoms with Crippen LogP contribution in [0.3, 0.4) is 0 Å². The van der Waals surface area contributed by atoms with E-state index >= 15 is 0 Å². The standard InChI is InChI=1S/C22H30N4O3S/c1-23-30(28,29)17-19-11-9-18(10-12-19)15-24-22(27)25(2)16-20-7-3-4-8-21(20)26-13-5-6-14-26/h3-4,7-12,23H,5-6,13-17H2,1-2H3,(H,24,27). The summed E-state index contributed by atoms with van der Waals surface area (Å²) in [6.45, 7) is 3.06. The minimum atomic E-state index is -3.29. The lowest BCUT2D eigenvalue weighted by atomic mass is 10.1. The second-order valence-corrected chi connectivity index (χ2v) is 9.54. The molecule has 7 nitrogen and oxygen atoms in total. The Balaban J connectivity index is 1.54. The number of hydrogen-bond acceptors (Lipinski definition) is 4. The number of nitrogens with zero attached hydrogens (tertiary/aromatic N) is 2. The number of hydrogen-bond donors (Lipinski definition) is 2. The normalized spacial score (nSPS) is 14.0. The predicted octanol–water partition coefficient (Wildman–Crippen LogP) is 2.68. The van der Waals surface area contributed by atoms with E-state index in [1.54, 1.807) is 24.1 Å². The van der Waals surface area contributed by atoms with E-state index in [1.807, 2.05) is 24.3 Å². The van der Waals surface area contributed by atoms with E-state index in [4.69, 9.17) is 0 Å². The number of carbonyl (C=O) groups excluding carboxylic acids is 1. The van der Waals surface area contributed by atoms with Crippen LogP contribution in [0, 0.1) is 0 Å². The second kappa shape index (κ2) is 9.95. The molecule has 1 aliphatic rings. The van der Waals surface area contributed by atoms with Gasteiger partial charge in [-0.05, 0) is 42.6 Å². The Hall–Kier alpha value is -2.58. The summed E-state index contributed by atoms with van der Waals surface area (Å²) in [5.74, 6) is -0.0602. The molecule has 0 spiro atoms. The molecule has 0 bridgehead atoms. The Morgan fingerprint density at radius 2 is 1.67 bits per heavy atom. The first-order valence-electron chi connectivity index (χ1n) is 10.2. The summed E-state index contributed by atoms with van der Waals surface area (Å²) < 4.78 is 25.6. The minimum Gasteiger partial charge on any atom is -0.371 e. The molecule has 1 fully saturated rings. The quantitative estimate of drug-likeness (QED) is 0.675. The molecular formula is C22H30N4O3S. The van der Waals surface area contributed by atoms with Gasteiger partial charge in [-0.1, -0.05) is 42.5 Å². The van der Waals surface area contributed by atoms with E-state index in [-0.39, 0.29) is 11.8 Å². The van der Waals surface area contributed by atoms with Crippen LogP contribution in [0.1, 0.15) is 29.5 Å². The van der Waals surface area contributed by atoms with Gasteiger partial charge in [0.15, 0.2) is 0 Å². The topological polar surface area (TPSA) is 81.8 Å². The monoisotopic (exact) mass is 430 g/mol. The first-order valence-corrected chi connectivity index (χ1v) is 11.8. The number of urea groups is 1. The molecule has 8 heteroatoms. The number of amides is 2. The molecule has 30 heavy (non-hydrogen) atoms. The number of nitrogens with one attached hydrogen (secondary N) is 2. The number of carbonyl (C=O) groups is 1. The molecule has 2 aromatic carbocycles. The zero-order chi connectivity index (χ0) is 21.6. The fourth-order valence-corrected chi connectivity index (χ4v) is 4.37. The number of sulfonamides is 1. The van der Waals surface area contributed by atoms with E-state index in [0.717, 1.165) is 24.2 Å². The molecule has 0 aliphatic carbocycles. The van der Waals surface area contributed by atoms with Gasteiger partial charge in [-0.2, -0.15) is 0 Å². The number of rotatable bonds is 8. The second-order valence-electron chi connectivity index (χ2n) is 7.62. The maximum Gasteiger partial charge on any atom is 0.317 e. The van der Waals surface area contributed by atoms with Crippen LogP contribution in [0.4, 0.5) is 10.5 Å². The van der Waals surface area contributed by atoms with Gasteiger partial charge in [0.2, 0.25) is 10.0 Å². The summed E-state index contributed by atoms with van der Waals surface area (Å²) in [5, 5.41) is 2.93. The maximum atomic E-state index is 12.6. The van der Waals surface area contributed by atoms with Crippen molar-refractivity contribution in [3.8, 4) is 0 Å². The molecule has 0 saturated carbocycles. The lowest BCUT2D eigenvalue weighted by Gasteiger charge is -2.24. The largest absolute Gasteiger partial charge is 0.371 e. The minimum absolute atomic E-state index is 0.0602. The molecule has 3 rings (SSSR count). The molecule has 1 aliphatic heterocycles. The molecule has 0 radical (unpaired) electrons. The van der Waals surface area contributed by atoms with Crippen LogP contribution in [0.2, 0.25) is 0 Å². The number of benzene rings is 2. The van der Waals surface area contributed by atoms with Crippen molar-refractivity contribution in [2.45, 2.75) is 31.7 Å². The van der Waals surface area contributed by atoms with Crippen molar-refractivity contribution in [3.63, 3.8) is 0 Å². The van der Waals surface area contributed by atoms with Gasteiger partial charge in [-0.15, -0.1) is 0 Å². The maximum absolute atomic E-state index is 12.6. The molecule has 2 aromatic rings. The van der Waals surface area contributed by atoms with Crippen molar-refractivity contribution in [1.29, 1.82) is 0 Å². The summed E-state index contributed by atoms with van der Waals surface area (Å²) in [6, 6.07) is 15.3. The van der Waals surface area contributed by atoms with Gasteiger partial charge in [0.25, 0.3) is 0 Å². The van der Waals surface area contributed by atoms with Crippen molar-refractivity contribution >= 4 is 21.7 Å². The van der Waals surface area contributed by atoms with Gasteiger partial charge in [0, 0.05) is 38.9 Å². The Morgan fingerprint density at radius 1 is 1.03 bits per heavy atom. The average Bonchev–Trinajstić information content (AvgIpc) is 3.28. The van der Waals surface area contributed by atoms with Gasteiger partial charge in [-0.3, -0.25) is 0 Å². The van der Waals surface area contributed by atoms with Crippen molar-refractivity contribution in [2.24, 2.45) is 0 Å². The highest BCUT2D eigenvalue weighted by atomic mass is 32.2. The van der Waals surface area contributed by atoms with E-state index in [2.05, 4.69) is 27.1 Å². The van der Waals surface area contributed by atoms with Gasteiger partial charge in [-0.25, -0.2) is 17.9 Å². The molecule has 2 N–H and O–H groups in total. The Kier molecular flexibility index (Phi) is 7.33. The van der Waals surface area contributed by atoms with Crippen LogP contribution in [0.15, 0.2) is 48.5 Å². The summed E-state index contributed by atoms with van der Waals surface area (Å²) in [5.41, 5.74) is 3.98. The molecule has 1 saturated heterocycles. The van der Waals surface area contributed by atoms with E-state index in [9.17, 15) is 13.2 Å². The Labute approximate surface area is 179 Å². The van der Waals surface area contributed by atoms with Gasteiger partial charge < -0.3 is 15.1 Å². The van der Waals surface area contributed by atoms with Gasteiger partial charge in [0.05, 0.1) is 5.75 Å². The summed E-state index contributed by atoms with van der Waals surface area (Å²) >= 11 is 0. The third-order valence-corrected chi connectivity index (χ3v) is 6.66. The third kappa shape index (κ3) is 5.96. The zero-order valence-corrected chi connectivity index (χ0v) is 18.4. The first kappa shape index (κ1) is 22.1. The highest BCUT2D eigenvalue weighted by Gasteiger charge is 2.17. The summed E-state index contributed by atoms with van der Waals surface area (Å²) in [7, 11) is -0.0963. The van der Waals surface area contributed by atoms with Crippen molar-refractivity contribution in [3.05, 3.63) is 65.2 Å². The van der Waals surface area contributed by atoms with E-state index < -0.39 is 10.0 Å². The first-order chi connectivity index (χ1) is 14.4. The van der Waals surface area contributed by atoms with Crippen LogP contribution in [-0.4, -0.2) is 46.5 Å². The van der Waals surface area contributed by atoms with Crippen molar-refractivity contribution in [1.82, 2.24) is 14.9 Å². The van der Waals surface area contributed by atoms with Gasteiger partial charge in [0.1, 0.15) is 0 Å². The SMILES string of the molecule is CNS(=O)(=O)Cc1ccc(CNC(=O)N(C)Cc2ccccc2N2CCCC2)cc1. The average molecular weight is 431 g/mol. The van der Waals surface area contributed by atoms with E-state index in [1.165, 1.54) is 25.6 Å². The third-order valence-electron chi connectivity index (χ3n) is 5.33. The zero-order valence-electron chi connectivity index (χ0n) is 17.6. The smallest absolute Gasteiger partial charge is 0.317 e. The lowest BCUT2D eigenvalue weighted by molar-refractivity contribution is 0.206. The fraction of sp³-hybridized carbons (Fsp3) is 0.409. The van der Waals surface area contributed by atoms with Crippen LogP contribution in [-0.2, 0) is 28.9 Å². The van der Waals surface area contributed by atoms with Gasteiger partial charge >= 0.3 is 6.03 Å². The van der Waals surface area contributed by atoms with Crippen molar-refractivity contribution in [2.75, 3.05) is 32.1 Å². The Bertz CT molecular complexity index is 955. The molecule has 0 unspecified atom stereocenters. The molecular weight excluding hydrogens is 400 g/mol. The number of para-hydroxylation sites is 1. The molecule has 162 valence electrons. The van der Waals surface area contributed by atoms with Crippen LogP contribution in [0.25, 0.3) is 0 Å². The number of anilines is 1. The fourth-order valence-electron chi connectivity index (χ4n) is 3.60. The highest BCUT2D eigenvalue weighted by Crippen LogP contribution is 2.25. The van der Waals surface area contributed by atoms with E-state index in [0.29, 0.717) is 18.7 Å². The summed E-state index contributed by atoms with van der Waals surface area (Å²) in [4.78, 5) is 16.6. The summed E-state index contributed by atoms with van der Waals surface area (Å²) in [6.07, 6.45) is 2.43. The van der Waals surface area contributed by atoms with Crippen molar-refractivity contribution < 1.29 is 13.2 Å². The molecule has 0 atom stereocenters. The van der Waals surface area contributed by atoms with Crippen LogP contribution < -0.4 is 14.9 Å². The lowest BCUT2D eigenvalue weighted by Crippen LogP contribution is -2.36. The van der Waals surface area contributed by atoms with Crippen LogP contribution in [0.5, 0.6) is 0 Å². The molecule has 2 amide bonds. The Morgan fingerprint density at radius 3 is 2.33 bits per heavy atom. The van der Waals surface area contributed by atoms with Crippen LogP contribution >= 0.6 is 0 Å². The predicted molar refractivity (Wildman–Crippen MR) is 120 cm³/mol. The molecule has 1 heterocycles.